The molecule has 3 aromatic heterocycles. The maximum absolute atomic E-state index is 4.59. The minimum Gasteiger partial charge on any atom is -0.364 e. The van der Waals surface area contributed by atoms with Gasteiger partial charge in [0.25, 0.3) is 0 Å². The number of fused-ring (bicyclic) bond motifs is 1. The summed E-state index contributed by atoms with van der Waals surface area (Å²) >= 11 is 3.47. The van der Waals surface area contributed by atoms with Crippen LogP contribution in [-0.2, 0) is 6.54 Å². The Hall–Kier alpha value is -1.95. The first-order valence-corrected chi connectivity index (χ1v) is 8.03. The van der Waals surface area contributed by atoms with Crippen molar-refractivity contribution in [1.29, 1.82) is 0 Å². The highest BCUT2D eigenvalue weighted by Gasteiger charge is 2.07. The van der Waals surface area contributed by atoms with Gasteiger partial charge in [0.2, 0.25) is 0 Å². The predicted molar refractivity (Wildman–Crippen MR) is 91.1 cm³/mol. The molecule has 1 N–H and O–H groups in total. The molecular weight excluding hydrogens is 342 g/mol. The first-order valence-electron chi connectivity index (χ1n) is 7.24. The van der Waals surface area contributed by atoms with Crippen LogP contribution in [0, 0.1) is 6.92 Å². The molecule has 3 aromatic rings. The molecule has 0 spiro atoms. The average Bonchev–Trinajstić information content (AvgIpc) is 2.86. The van der Waals surface area contributed by atoms with Crippen LogP contribution in [0.25, 0.3) is 5.65 Å². The molecule has 0 unspecified atom stereocenters. The van der Waals surface area contributed by atoms with Gasteiger partial charge in [-0.1, -0.05) is 13.8 Å². The van der Waals surface area contributed by atoms with E-state index in [1.165, 1.54) is 0 Å². The molecule has 0 aliphatic heterocycles. The molecule has 22 heavy (non-hydrogen) atoms. The van der Waals surface area contributed by atoms with Crippen LogP contribution in [0.15, 0.2) is 35.1 Å². The number of pyridine rings is 1. The van der Waals surface area contributed by atoms with E-state index in [4.69, 9.17) is 0 Å². The lowest BCUT2D eigenvalue weighted by molar-refractivity contribution is 0.766. The zero-order valence-corrected chi connectivity index (χ0v) is 14.4. The number of hydrogen-bond acceptors (Lipinski definition) is 4. The normalized spacial score (nSPS) is 11.3. The van der Waals surface area contributed by atoms with Gasteiger partial charge >= 0.3 is 0 Å². The van der Waals surface area contributed by atoms with E-state index in [2.05, 4.69) is 50.0 Å². The number of aromatic nitrogens is 4. The van der Waals surface area contributed by atoms with Crippen molar-refractivity contribution in [1.82, 2.24) is 19.4 Å². The van der Waals surface area contributed by atoms with Gasteiger partial charge in [0.15, 0.2) is 0 Å². The van der Waals surface area contributed by atoms with Gasteiger partial charge in [-0.05, 0) is 35.0 Å². The second kappa shape index (κ2) is 6.04. The number of anilines is 1. The second-order valence-corrected chi connectivity index (χ2v) is 6.52. The van der Waals surface area contributed by atoms with Crippen LogP contribution in [0.5, 0.6) is 0 Å². The third-order valence-corrected chi connectivity index (χ3v) is 3.77. The summed E-state index contributed by atoms with van der Waals surface area (Å²) in [5.74, 6) is 2.02. The Kier molecular flexibility index (Phi) is 4.11. The fourth-order valence-corrected chi connectivity index (χ4v) is 2.58. The standard InChI is InChI=1S/C16H18BrN5/c1-10(2)16-19-11(3)6-14(21-16)18-7-13-9-22-8-12(17)4-5-15(22)20-13/h4-6,8-10H,7H2,1-3H3,(H,18,19,21). The Balaban J connectivity index is 1.78. The van der Waals surface area contributed by atoms with Crippen LogP contribution in [0.2, 0.25) is 0 Å². The fourth-order valence-electron chi connectivity index (χ4n) is 2.22. The molecule has 3 rings (SSSR count). The van der Waals surface area contributed by atoms with Crippen molar-refractivity contribution in [2.75, 3.05) is 5.32 Å². The number of nitrogens with one attached hydrogen (secondary N) is 1. The number of hydrogen-bond donors (Lipinski definition) is 1. The van der Waals surface area contributed by atoms with E-state index < -0.39 is 0 Å². The lowest BCUT2D eigenvalue weighted by Crippen LogP contribution is -2.06. The topological polar surface area (TPSA) is 55.1 Å². The van der Waals surface area contributed by atoms with Crippen LogP contribution < -0.4 is 5.32 Å². The minimum absolute atomic E-state index is 0.313. The largest absolute Gasteiger partial charge is 0.364 e. The van der Waals surface area contributed by atoms with Crippen molar-refractivity contribution >= 4 is 27.4 Å². The van der Waals surface area contributed by atoms with Gasteiger partial charge in [-0.15, -0.1) is 0 Å². The summed E-state index contributed by atoms with van der Waals surface area (Å²) in [6.07, 6.45) is 4.02. The van der Waals surface area contributed by atoms with Crippen LogP contribution >= 0.6 is 15.9 Å². The average molecular weight is 360 g/mol. The first-order chi connectivity index (χ1) is 10.5. The van der Waals surface area contributed by atoms with E-state index in [1.807, 2.05) is 41.9 Å². The van der Waals surface area contributed by atoms with Gasteiger partial charge in [0.05, 0.1) is 12.2 Å². The van der Waals surface area contributed by atoms with E-state index in [0.717, 1.165) is 33.2 Å². The minimum atomic E-state index is 0.313. The molecule has 0 saturated heterocycles. The van der Waals surface area contributed by atoms with Gasteiger partial charge in [0, 0.05) is 34.5 Å². The molecule has 114 valence electrons. The number of halogens is 1. The molecule has 5 nitrogen and oxygen atoms in total. The molecule has 3 heterocycles. The van der Waals surface area contributed by atoms with Gasteiger partial charge in [-0.3, -0.25) is 0 Å². The maximum atomic E-state index is 4.59. The molecule has 0 saturated carbocycles. The Morgan fingerprint density at radius 1 is 1.18 bits per heavy atom. The Bertz CT molecular complexity index is 809. The lowest BCUT2D eigenvalue weighted by atomic mass is 10.2. The van der Waals surface area contributed by atoms with Gasteiger partial charge < -0.3 is 9.72 Å². The zero-order valence-electron chi connectivity index (χ0n) is 12.8. The highest BCUT2D eigenvalue weighted by atomic mass is 79.9. The maximum Gasteiger partial charge on any atom is 0.137 e. The second-order valence-electron chi connectivity index (χ2n) is 5.61. The Morgan fingerprint density at radius 3 is 2.77 bits per heavy atom. The third kappa shape index (κ3) is 3.27. The van der Waals surface area contributed by atoms with E-state index >= 15 is 0 Å². The lowest BCUT2D eigenvalue weighted by Gasteiger charge is -2.09. The van der Waals surface area contributed by atoms with Gasteiger partial charge in [0.1, 0.15) is 17.3 Å². The summed E-state index contributed by atoms with van der Waals surface area (Å²) in [6, 6.07) is 5.93. The van der Waals surface area contributed by atoms with Gasteiger partial charge in [-0.25, -0.2) is 15.0 Å². The number of aryl methyl sites for hydroxylation is 1. The molecule has 0 atom stereocenters. The van der Waals surface area contributed by atoms with Crippen LogP contribution in [0.3, 0.4) is 0 Å². The number of rotatable bonds is 4. The van der Waals surface area contributed by atoms with Crippen molar-refractivity contribution < 1.29 is 0 Å². The Morgan fingerprint density at radius 2 is 2.00 bits per heavy atom. The van der Waals surface area contributed by atoms with Crippen molar-refractivity contribution in [3.8, 4) is 0 Å². The van der Waals surface area contributed by atoms with E-state index in [0.29, 0.717) is 12.5 Å². The van der Waals surface area contributed by atoms with Crippen molar-refractivity contribution in [2.45, 2.75) is 33.2 Å². The van der Waals surface area contributed by atoms with Gasteiger partial charge in [-0.2, -0.15) is 0 Å². The highest BCUT2D eigenvalue weighted by Crippen LogP contribution is 2.15. The molecule has 6 heteroatoms. The number of imidazole rings is 1. The molecule has 0 bridgehead atoms. The molecule has 0 amide bonds. The molecular formula is C16H18BrN5. The summed E-state index contributed by atoms with van der Waals surface area (Å²) in [6.45, 7) is 6.81. The molecule has 0 aliphatic carbocycles. The van der Waals surface area contributed by atoms with E-state index in [-0.39, 0.29) is 0 Å². The smallest absolute Gasteiger partial charge is 0.137 e. The predicted octanol–water partition coefficient (Wildman–Crippen LogP) is 3.93. The molecule has 0 aliphatic rings. The third-order valence-electron chi connectivity index (χ3n) is 3.30. The monoisotopic (exact) mass is 359 g/mol. The van der Waals surface area contributed by atoms with Crippen LogP contribution in [0.1, 0.15) is 37.0 Å². The van der Waals surface area contributed by atoms with Crippen molar-refractivity contribution in [3.63, 3.8) is 0 Å². The zero-order chi connectivity index (χ0) is 15.7. The Labute approximate surface area is 138 Å². The summed E-state index contributed by atoms with van der Waals surface area (Å²) in [7, 11) is 0. The SMILES string of the molecule is Cc1cc(NCc2cn3cc(Br)ccc3n2)nc(C(C)C)n1. The van der Waals surface area contributed by atoms with Crippen molar-refractivity contribution in [3.05, 3.63) is 52.3 Å². The van der Waals surface area contributed by atoms with Crippen LogP contribution in [-0.4, -0.2) is 19.4 Å². The van der Waals surface area contributed by atoms with Crippen LogP contribution in [0.4, 0.5) is 5.82 Å². The summed E-state index contributed by atoms with van der Waals surface area (Å²) < 4.78 is 3.04. The van der Waals surface area contributed by atoms with E-state index in [1.54, 1.807) is 0 Å². The van der Waals surface area contributed by atoms with Crippen molar-refractivity contribution in [2.24, 2.45) is 0 Å². The first kappa shape index (κ1) is 15.0. The molecule has 0 aromatic carbocycles. The highest BCUT2D eigenvalue weighted by molar-refractivity contribution is 9.10. The summed E-state index contributed by atoms with van der Waals surface area (Å²) in [5.41, 5.74) is 2.88. The number of nitrogens with zero attached hydrogens (tertiary/aromatic N) is 4. The fraction of sp³-hybridized carbons (Fsp3) is 0.312. The summed E-state index contributed by atoms with van der Waals surface area (Å²) in [5, 5.41) is 3.33. The molecule has 0 radical (unpaired) electrons. The summed E-state index contributed by atoms with van der Waals surface area (Å²) in [4.78, 5) is 13.6. The van der Waals surface area contributed by atoms with E-state index in [9.17, 15) is 0 Å². The quantitative estimate of drug-likeness (QED) is 0.766. The molecule has 0 fully saturated rings.